The minimum absolute atomic E-state index is 0.127. The van der Waals surface area contributed by atoms with Crippen molar-refractivity contribution in [1.29, 1.82) is 0 Å². The summed E-state index contributed by atoms with van der Waals surface area (Å²) in [5, 5.41) is 0. The summed E-state index contributed by atoms with van der Waals surface area (Å²) in [5.41, 5.74) is 0. The first-order valence-corrected chi connectivity index (χ1v) is 15.4. The third kappa shape index (κ3) is 6.30. The van der Waals surface area contributed by atoms with Gasteiger partial charge in [0.1, 0.15) is 9.11 Å². The Bertz CT molecular complexity index is 286. The van der Waals surface area contributed by atoms with Crippen molar-refractivity contribution in [2.24, 2.45) is 0 Å². The van der Waals surface area contributed by atoms with Gasteiger partial charge < -0.3 is 18.9 Å². The van der Waals surface area contributed by atoms with Crippen molar-refractivity contribution >= 4 is 40.6 Å². The lowest BCUT2D eigenvalue weighted by Crippen LogP contribution is -2.49. The van der Waals surface area contributed by atoms with Crippen molar-refractivity contribution in [1.82, 2.24) is 0 Å². The molecule has 4 atom stereocenters. The van der Waals surface area contributed by atoms with Crippen LogP contribution in [0.15, 0.2) is 0 Å². The van der Waals surface area contributed by atoms with Gasteiger partial charge in [-0.05, 0) is 12.8 Å². The molecule has 0 aromatic carbocycles. The number of hydrogen-bond donors (Lipinski definition) is 0. The summed E-state index contributed by atoms with van der Waals surface area (Å²) in [6.45, 7) is 9.00. The number of methoxy groups -OCH3 is 4. The van der Waals surface area contributed by atoms with Gasteiger partial charge in [0.25, 0.3) is 0 Å². The van der Waals surface area contributed by atoms with Crippen LogP contribution in [-0.2, 0) is 18.9 Å². The summed E-state index contributed by atoms with van der Waals surface area (Å²) in [6, 6.07) is 0. The molecule has 4 unspecified atom stereocenters. The van der Waals surface area contributed by atoms with E-state index in [9.17, 15) is 0 Å². The highest BCUT2D eigenvalue weighted by atomic mass is 33.1. The predicted octanol–water partition coefficient (Wildman–Crippen LogP) is 3.03. The van der Waals surface area contributed by atoms with Gasteiger partial charge in [-0.2, -0.15) is 0 Å². The third-order valence-electron chi connectivity index (χ3n) is 4.65. The molecule has 0 radical (unpaired) electrons. The van der Waals surface area contributed by atoms with Crippen LogP contribution in [0.25, 0.3) is 0 Å². The fourth-order valence-electron chi connectivity index (χ4n) is 3.00. The molecule has 0 fully saturated rings. The Morgan fingerprint density at radius 3 is 1.25 bits per heavy atom. The van der Waals surface area contributed by atoms with Gasteiger partial charge in [0, 0.05) is 28.4 Å². The van der Waals surface area contributed by atoms with E-state index in [1.807, 2.05) is 35.8 Å². The second kappa shape index (κ2) is 13.2. The van der Waals surface area contributed by atoms with Crippen molar-refractivity contribution in [3.05, 3.63) is 0 Å². The van der Waals surface area contributed by atoms with Crippen LogP contribution in [0.2, 0.25) is 13.1 Å². The lowest BCUT2D eigenvalue weighted by atomic mass is 10.2. The molecule has 24 heavy (non-hydrogen) atoms. The molecule has 0 N–H and O–H groups in total. The van der Waals surface area contributed by atoms with Crippen LogP contribution in [0, 0.1) is 0 Å². The van der Waals surface area contributed by atoms with E-state index in [0.29, 0.717) is 0 Å². The maximum atomic E-state index is 6.05. The summed E-state index contributed by atoms with van der Waals surface area (Å²) >= 11 is 0. The molecular formula is C16H38O4S2Si2. The van der Waals surface area contributed by atoms with Crippen LogP contribution in [0.1, 0.15) is 39.5 Å². The van der Waals surface area contributed by atoms with Crippen molar-refractivity contribution in [3.8, 4) is 0 Å². The quantitative estimate of drug-likeness (QED) is 0.233. The van der Waals surface area contributed by atoms with Crippen LogP contribution in [0.5, 0.6) is 0 Å². The monoisotopic (exact) mass is 414 g/mol. The molecule has 0 aliphatic heterocycles. The van der Waals surface area contributed by atoms with Crippen molar-refractivity contribution in [2.45, 2.75) is 73.9 Å². The average Bonchev–Trinajstić information content (AvgIpc) is 2.63. The molecule has 0 aliphatic rings. The van der Waals surface area contributed by atoms with E-state index in [1.54, 1.807) is 14.2 Å². The Morgan fingerprint density at radius 1 is 0.750 bits per heavy atom. The first-order chi connectivity index (χ1) is 11.5. The zero-order valence-electron chi connectivity index (χ0n) is 16.8. The van der Waals surface area contributed by atoms with Gasteiger partial charge in [0.15, 0.2) is 0 Å². The Morgan fingerprint density at radius 2 is 1.08 bits per heavy atom. The standard InChI is InChI=1S/C16H38O4S2Si2/c1-9-11-13(17-3)15(19-5,23-7)21-22-16(20-6,24-8)14(18-4)12-10-2/h13-14H,9-12,23-24H2,1-8H3. The van der Waals surface area contributed by atoms with E-state index in [4.69, 9.17) is 18.9 Å². The van der Waals surface area contributed by atoms with Crippen LogP contribution in [-0.4, -0.2) is 68.8 Å². The second-order valence-corrected chi connectivity index (χ2v) is 13.2. The summed E-state index contributed by atoms with van der Waals surface area (Å²) in [6.07, 6.45) is 4.48. The van der Waals surface area contributed by atoms with Gasteiger partial charge in [0.05, 0.1) is 31.2 Å². The zero-order valence-corrected chi connectivity index (χ0v) is 21.3. The Kier molecular flexibility index (Phi) is 13.7. The molecule has 0 amide bonds. The SMILES string of the molecule is CCCC(OC)C(OC)([SiH2]C)SSC(OC)([SiH2]C)C(CCC)OC. The molecule has 0 aliphatic carbocycles. The molecule has 0 saturated carbocycles. The van der Waals surface area contributed by atoms with E-state index in [-0.39, 0.29) is 21.3 Å². The predicted molar refractivity (Wildman–Crippen MR) is 115 cm³/mol. The summed E-state index contributed by atoms with van der Waals surface area (Å²) in [4.78, 5) is 0. The second-order valence-electron chi connectivity index (χ2n) is 5.93. The molecule has 0 heterocycles. The highest BCUT2D eigenvalue weighted by Crippen LogP contribution is 2.49. The molecule has 0 spiro atoms. The van der Waals surface area contributed by atoms with Gasteiger partial charge in [-0.15, -0.1) is 0 Å². The van der Waals surface area contributed by atoms with Crippen LogP contribution < -0.4 is 0 Å². The molecule has 0 saturated heterocycles. The third-order valence-corrected chi connectivity index (χ3v) is 15.4. The van der Waals surface area contributed by atoms with E-state index in [2.05, 4.69) is 26.9 Å². The Balaban J connectivity index is 5.38. The maximum Gasteiger partial charge on any atom is 0.129 e. The molecule has 4 nitrogen and oxygen atoms in total. The van der Waals surface area contributed by atoms with Gasteiger partial charge in [-0.3, -0.25) is 0 Å². The van der Waals surface area contributed by atoms with Crippen molar-refractivity contribution in [2.75, 3.05) is 28.4 Å². The number of ether oxygens (including phenoxy) is 4. The van der Waals surface area contributed by atoms with Gasteiger partial charge in [-0.1, -0.05) is 61.4 Å². The largest absolute Gasteiger partial charge is 0.378 e. The lowest BCUT2D eigenvalue weighted by Gasteiger charge is -2.42. The van der Waals surface area contributed by atoms with E-state index < -0.39 is 19.0 Å². The van der Waals surface area contributed by atoms with E-state index >= 15 is 0 Å². The minimum atomic E-state index is -0.470. The lowest BCUT2D eigenvalue weighted by molar-refractivity contribution is -0.0213. The van der Waals surface area contributed by atoms with Gasteiger partial charge >= 0.3 is 0 Å². The van der Waals surface area contributed by atoms with Crippen LogP contribution in [0.4, 0.5) is 0 Å². The Labute approximate surface area is 161 Å². The average molecular weight is 415 g/mol. The summed E-state index contributed by atoms with van der Waals surface area (Å²) in [5.74, 6) is 0. The molecule has 8 heteroatoms. The van der Waals surface area contributed by atoms with Gasteiger partial charge in [0.2, 0.25) is 0 Å². The topological polar surface area (TPSA) is 36.9 Å². The fourth-order valence-corrected chi connectivity index (χ4v) is 12.3. The molecule has 0 aromatic rings. The van der Waals surface area contributed by atoms with E-state index in [1.165, 1.54) is 0 Å². The van der Waals surface area contributed by atoms with Crippen LogP contribution in [0.3, 0.4) is 0 Å². The molecule has 0 aromatic heterocycles. The molecule has 0 bridgehead atoms. The normalized spacial score (nSPS) is 20.5. The smallest absolute Gasteiger partial charge is 0.129 e. The summed E-state index contributed by atoms with van der Waals surface area (Å²) in [7, 11) is 9.97. The highest BCUT2D eigenvalue weighted by Gasteiger charge is 2.45. The first kappa shape index (κ1) is 25.0. The maximum absolute atomic E-state index is 6.05. The zero-order chi connectivity index (χ0) is 18.6. The van der Waals surface area contributed by atoms with Crippen molar-refractivity contribution in [3.63, 3.8) is 0 Å². The van der Waals surface area contributed by atoms with Crippen molar-refractivity contribution < 1.29 is 18.9 Å². The molecule has 0 rings (SSSR count). The first-order valence-electron chi connectivity index (χ1n) is 9.02. The van der Waals surface area contributed by atoms with Crippen LogP contribution >= 0.6 is 21.6 Å². The van der Waals surface area contributed by atoms with E-state index in [0.717, 1.165) is 25.7 Å². The Hall–Kier alpha value is 0.974. The van der Waals surface area contributed by atoms with Gasteiger partial charge in [-0.25, -0.2) is 0 Å². The number of rotatable bonds is 15. The molecular weight excluding hydrogens is 376 g/mol. The summed E-state index contributed by atoms with van der Waals surface area (Å²) < 4.78 is 23.3. The number of hydrogen-bond acceptors (Lipinski definition) is 6. The molecule has 146 valence electrons. The minimum Gasteiger partial charge on any atom is -0.378 e. The highest BCUT2D eigenvalue weighted by molar-refractivity contribution is 8.78. The fraction of sp³-hybridized carbons (Fsp3) is 1.00.